The molecule has 0 atom stereocenters. The minimum Gasteiger partial charge on any atom is -0.384 e. The third-order valence-corrected chi connectivity index (χ3v) is 3.30. The van der Waals surface area contributed by atoms with Crippen LogP contribution in [0.25, 0.3) is 0 Å². The van der Waals surface area contributed by atoms with Crippen LogP contribution in [0.5, 0.6) is 0 Å². The Morgan fingerprint density at radius 3 is 2.56 bits per heavy atom. The van der Waals surface area contributed by atoms with Crippen LogP contribution in [0.15, 0.2) is 41.6 Å². The van der Waals surface area contributed by atoms with Crippen LogP contribution in [0.2, 0.25) is 0 Å². The highest BCUT2D eigenvalue weighted by atomic mass is 19.2. The average Bonchev–Trinajstić information content (AvgIpc) is 2.58. The molecular weight excluding hydrogens is 335 g/mol. The Hall–Kier alpha value is -3.03. The van der Waals surface area contributed by atoms with Gasteiger partial charge in [-0.05, 0) is 42.3 Å². The fraction of sp³-hybridized carbons (Fsp3) is 0.176. The first-order valence-corrected chi connectivity index (χ1v) is 7.29. The molecule has 3 N–H and O–H groups in total. The molecule has 25 heavy (non-hydrogen) atoms. The van der Waals surface area contributed by atoms with Gasteiger partial charge in [0, 0.05) is 12.1 Å². The number of halogens is 3. The Labute approximate surface area is 142 Å². The molecule has 0 aliphatic heterocycles. The highest BCUT2D eigenvalue weighted by molar-refractivity contribution is 5.97. The molecule has 8 heteroatoms. The Kier molecular flexibility index (Phi) is 5.99. The van der Waals surface area contributed by atoms with Crippen molar-refractivity contribution in [2.75, 3.05) is 6.61 Å². The molecule has 5 nitrogen and oxygen atoms in total. The summed E-state index contributed by atoms with van der Waals surface area (Å²) in [6.45, 7) is 1.33. The van der Waals surface area contributed by atoms with Crippen molar-refractivity contribution in [2.24, 2.45) is 10.9 Å². The minimum absolute atomic E-state index is 0.120. The van der Waals surface area contributed by atoms with E-state index in [-0.39, 0.29) is 23.8 Å². The monoisotopic (exact) mass is 351 g/mol. The van der Waals surface area contributed by atoms with Crippen molar-refractivity contribution in [3.63, 3.8) is 0 Å². The molecule has 132 valence electrons. The van der Waals surface area contributed by atoms with Crippen molar-refractivity contribution in [3.8, 4) is 0 Å². The molecule has 2 aromatic carbocycles. The SMILES string of the molecule is Cc1ccc(CNC(=O)CO/N=C(/N)c2ccc(F)c(F)c2)cc1F. The number of nitrogens with one attached hydrogen (secondary N) is 1. The number of oxime groups is 1. The van der Waals surface area contributed by atoms with E-state index < -0.39 is 24.1 Å². The summed E-state index contributed by atoms with van der Waals surface area (Å²) < 4.78 is 39.3. The number of hydrogen-bond donors (Lipinski definition) is 2. The Bertz CT molecular complexity index is 810. The molecule has 0 heterocycles. The van der Waals surface area contributed by atoms with Gasteiger partial charge in [-0.15, -0.1) is 0 Å². The van der Waals surface area contributed by atoms with Crippen LogP contribution >= 0.6 is 0 Å². The first kappa shape index (κ1) is 18.3. The summed E-state index contributed by atoms with van der Waals surface area (Å²) >= 11 is 0. The Balaban J connectivity index is 1.82. The molecule has 0 aromatic heterocycles. The van der Waals surface area contributed by atoms with Crippen molar-refractivity contribution in [1.82, 2.24) is 5.32 Å². The summed E-state index contributed by atoms with van der Waals surface area (Å²) in [7, 11) is 0. The lowest BCUT2D eigenvalue weighted by atomic mass is 10.1. The van der Waals surface area contributed by atoms with E-state index in [4.69, 9.17) is 10.6 Å². The number of aryl methyl sites for hydroxylation is 1. The van der Waals surface area contributed by atoms with Gasteiger partial charge in [-0.1, -0.05) is 17.3 Å². The summed E-state index contributed by atoms with van der Waals surface area (Å²) in [4.78, 5) is 16.4. The van der Waals surface area contributed by atoms with Gasteiger partial charge in [-0.2, -0.15) is 0 Å². The molecule has 0 aliphatic rings. The topological polar surface area (TPSA) is 76.7 Å². The lowest BCUT2D eigenvalue weighted by Crippen LogP contribution is -2.27. The van der Waals surface area contributed by atoms with E-state index in [2.05, 4.69) is 10.5 Å². The smallest absolute Gasteiger partial charge is 0.261 e. The number of benzene rings is 2. The predicted octanol–water partition coefficient (Wildman–Crippen LogP) is 2.37. The Morgan fingerprint density at radius 2 is 1.88 bits per heavy atom. The van der Waals surface area contributed by atoms with Crippen LogP contribution in [0, 0.1) is 24.4 Å². The molecule has 0 radical (unpaired) electrons. The van der Waals surface area contributed by atoms with Crippen LogP contribution < -0.4 is 11.1 Å². The van der Waals surface area contributed by atoms with Crippen LogP contribution in [0.4, 0.5) is 13.2 Å². The number of nitrogens with two attached hydrogens (primary N) is 1. The summed E-state index contributed by atoms with van der Waals surface area (Å²) in [6.07, 6.45) is 0. The van der Waals surface area contributed by atoms with E-state index in [1.54, 1.807) is 19.1 Å². The van der Waals surface area contributed by atoms with Crippen molar-refractivity contribution in [1.29, 1.82) is 0 Å². The van der Waals surface area contributed by atoms with Crippen LogP contribution in [0.3, 0.4) is 0 Å². The molecule has 0 spiro atoms. The number of hydrogen-bond acceptors (Lipinski definition) is 3. The van der Waals surface area contributed by atoms with Gasteiger partial charge < -0.3 is 15.9 Å². The molecule has 0 saturated carbocycles. The molecule has 2 aromatic rings. The van der Waals surface area contributed by atoms with Crippen LogP contribution in [-0.4, -0.2) is 18.3 Å². The van der Waals surface area contributed by atoms with Crippen molar-refractivity contribution < 1.29 is 22.8 Å². The average molecular weight is 351 g/mol. The highest BCUT2D eigenvalue weighted by Gasteiger charge is 2.07. The quantitative estimate of drug-likeness (QED) is 0.477. The zero-order valence-corrected chi connectivity index (χ0v) is 13.4. The second-order valence-corrected chi connectivity index (χ2v) is 5.24. The standard InChI is InChI=1S/C17H16F3N3O2/c1-10-2-3-11(6-14(10)19)8-22-16(24)9-25-23-17(21)12-4-5-13(18)15(20)7-12/h2-7H,8-9H2,1H3,(H2,21,23)(H,22,24). The van der Waals surface area contributed by atoms with E-state index in [0.29, 0.717) is 11.1 Å². The highest BCUT2D eigenvalue weighted by Crippen LogP contribution is 2.09. The molecule has 0 saturated heterocycles. The number of carbonyl (C=O) groups excluding carboxylic acids is 1. The first-order chi connectivity index (χ1) is 11.9. The van der Waals surface area contributed by atoms with E-state index >= 15 is 0 Å². The molecule has 0 aliphatic carbocycles. The summed E-state index contributed by atoms with van der Waals surface area (Å²) in [5.41, 5.74) is 6.79. The zero-order valence-electron chi connectivity index (χ0n) is 13.4. The summed E-state index contributed by atoms with van der Waals surface area (Å²) in [6, 6.07) is 7.63. The molecular formula is C17H16F3N3O2. The summed E-state index contributed by atoms with van der Waals surface area (Å²) in [5.74, 6) is -3.13. The van der Waals surface area contributed by atoms with E-state index in [1.807, 2.05) is 0 Å². The van der Waals surface area contributed by atoms with Gasteiger partial charge in [0.1, 0.15) is 5.82 Å². The van der Waals surface area contributed by atoms with Gasteiger partial charge in [0.25, 0.3) is 5.91 Å². The van der Waals surface area contributed by atoms with E-state index in [0.717, 1.165) is 12.1 Å². The third kappa shape index (κ3) is 5.23. The minimum atomic E-state index is -1.07. The number of carbonyl (C=O) groups is 1. The molecule has 2 rings (SSSR count). The fourth-order valence-electron chi connectivity index (χ4n) is 1.87. The number of amidine groups is 1. The molecule has 0 fully saturated rings. The van der Waals surface area contributed by atoms with Gasteiger partial charge in [-0.25, -0.2) is 13.2 Å². The van der Waals surface area contributed by atoms with Gasteiger partial charge in [0.05, 0.1) is 0 Å². The number of rotatable bonds is 6. The molecule has 0 unspecified atom stereocenters. The van der Waals surface area contributed by atoms with E-state index in [9.17, 15) is 18.0 Å². The Morgan fingerprint density at radius 1 is 1.12 bits per heavy atom. The lowest BCUT2D eigenvalue weighted by Gasteiger charge is -2.06. The first-order valence-electron chi connectivity index (χ1n) is 7.29. The number of nitrogens with zero attached hydrogens (tertiary/aromatic N) is 1. The largest absolute Gasteiger partial charge is 0.384 e. The third-order valence-electron chi connectivity index (χ3n) is 3.30. The second kappa shape index (κ2) is 8.18. The van der Waals surface area contributed by atoms with Crippen molar-refractivity contribution in [2.45, 2.75) is 13.5 Å². The fourth-order valence-corrected chi connectivity index (χ4v) is 1.87. The lowest BCUT2D eigenvalue weighted by molar-refractivity contribution is -0.125. The van der Waals surface area contributed by atoms with Gasteiger partial charge >= 0.3 is 0 Å². The zero-order chi connectivity index (χ0) is 18.4. The second-order valence-electron chi connectivity index (χ2n) is 5.24. The van der Waals surface area contributed by atoms with Crippen LogP contribution in [-0.2, 0) is 16.2 Å². The van der Waals surface area contributed by atoms with Gasteiger partial charge in [0.2, 0.25) is 0 Å². The normalized spacial score (nSPS) is 11.3. The molecule has 0 bridgehead atoms. The summed E-state index contributed by atoms with van der Waals surface area (Å²) in [5, 5.41) is 6.00. The maximum Gasteiger partial charge on any atom is 0.261 e. The van der Waals surface area contributed by atoms with E-state index in [1.165, 1.54) is 12.1 Å². The molecule has 1 amide bonds. The van der Waals surface area contributed by atoms with Crippen molar-refractivity contribution in [3.05, 3.63) is 70.5 Å². The van der Waals surface area contributed by atoms with Gasteiger partial charge in [-0.3, -0.25) is 4.79 Å². The van der Waals surface area contributed by atoms with Gasteiger partial charge in [0.15, 0.2) is 24.1 Å². The van der Waals surface area contributed by atoms with Crippen LogP contribution in [0.1, 0.15) is 16.7 Å². The predicted molar refractivity (Wildman–Crippen MR) is 86.0 cm³/mol. The van der Waals surface area contributed by atoms with Crippen molar-refractivity contribution >= 4 is 11.7 Å². The maximum absolute atomic E-state index is 13.4. The number of amides is 1. The maximum atomic E-state index is 13.4.